The fraction of sp³-hybridized carbons (Fsp3) is 0.429. The predicted molar refractivity (Wildman–Crippen MR) is 109 cm³/mol. The van der Waals surface area contributed by atoms with E-state index in [2.05, 4.69) is 4.98 Å². The Labute approximate surface area is 179 Å². The zero-order chi connectivity index (χ0) is 20.4. The van der Waals surface area contributed by atoms with Crippen molar-refractivity contribution in [1.29, 1.82) is 0 Å². The van der Waals surface area contributed by atoms with Gasteiger partial charge in [-0.25, -0.2) is 0 Å². The lowest BCUT2D eigenvalue weighted by Crippen LogP contribution is -2.39. The van der Waals surface area contributed by atoms with Gasteiger partial charge < -0.3 is 18.9 Å². The van der Waals surface area contributed by atoms with Gasteiger partial charge in [-0.2, -0.15) is 0 Å². The topological polar surface area (TPSA) is 66.9 Å². The highest BCUT2D eigenvalue weighted by atomic mass is 35.5. The van der Waals surface area contributed by atoms with Crippen molar-refractivity contribution < 1.29 is 23.7 Å². The highest BCUT2D eigenvalue weighted by molar-refractivity contribution is 6.39. The summed E-state index contributed by atoms with van der Waals surface area (Å²) in [5.74, 6) is 1.40. The van der Waals surface area contributed by atoms with Crippen molar-refractivity contribution in [3.8, 4) is 17.2 Å². The number of rotatable bonds is 4. The van der Waals surface area contributed by atoms with Crippen LogP contribution in [0.3, 0.4) is 0 Å². The molecule has 0 atom stereocenters. The first-order chi connectivity index (χ1) is 14.0. The summed E-state index contributed by atoms with van der Waals surface area (Å²) >= 11 is 12.3. The highest BCUT2D eigenvalue weighted by Gasteiger charge is 2.38. The number of fused-ring (bicyclic) bond motifs is 1. The number of ether oxygens (including phenoxy) is 4. The quantitative estimate of drug-likeness (QED) is 0.660. The molecule has 0 radical (unpaired) electrons. The van der Waals surface area contributed by atoms with Crippen LogP contribution in [0.25, 0.3) is 0 Å². The third kappa shape index (κ3) is 4.02. The van der Waals surface area contributed by atoms with E-state index in [9.17, 15) is 4.79 Å². The standard InChI is InChI=1S/C21H21Cl2NO5/c1-26-17-3-2-13(8-16(25)18-14(22)9-24-10-15(18)23)19-20(17)29-12-21(11-28-19)4-6-27-7-5-21/h2-3,9-10H,4-8,11-12H2,1H3. The molecule has 1 aromatic heterocycles. The third-order valence-electron chi connectivity index (χ3n) is 5.46. The molecule has 0 amide bonds. The molecule has 3 heterocycles. The van der Waals surface area contributed by atoms with Gasteiger partial charge in [0.05, 0.1) is 35.9 Å². The lowest BCUT2D eigenvalue weighted by molar-refractivity contribution is -0.0254. The van der Waals surface area contributed by atoms with Crippen molar-refractivity contribution >= 4 is 29.0 Å². The molecule has 0 aliphatic carbocycles. The molecule has 154 valence electrons. The van der Waals surface area contributed by atoms with Crippen LogP contribution in [-0.2, 0) is 11.2 Å². The maximum absolute atomic E-state index is 12.9. The SMILES string of the molecule is COc1ccc(CC(=O)c2c(Cl)cncc2Cl)c2c1OCC1(CCOCC1)CO2. The third-order valence-corrected chi connectivity index (χ3v) is 6.03. The number of hydrogen-bond acceptors (Lipinski definition) is 6. The van der Waals surface area contributed by atoms with Crippen LogP contribution in [0, 0.1) is 5.41 Å². The summed E-state index contributed by atoms with van der Waals surface area (Å²) in [7, 11) is 1.58. The molecule has 4 rings (SSSR count). The Kier molecular flexibility index (Phi) is 5.86. The van der Waals surface area contributed by atoms with Crippen LogP contribution in [0.5, 0.6) is 17.2 Å². The van der Waals surface area contributed by atoms with E-state index in [-0.39, 0.29) is 33.2 Å². The molecule has 2 aromatic rings. The molecule has 0 saturated carbocycles. The van der Waals surface area contributed by atoms with Crippen molar-refractivity contribution in [2.45, 2.75) is 19.3 Å². The van der Waals surface area contributed by atoms with Gasteiger partial charge in [-0.1, -0.05) is 29.3 Å². The first-order valence-electron chi connectivity index (χ1n) is 9.38. The Balaban J connectivity index is 1.66. The van der Waals surface area contributed by atoms with Crippen LogP contribution in [0.2, 0.25) is 10.0 Å². The number of carbonyl (C=O) groups is 1. The van der Waals surface area contributed by atoms with Gasteiger partial charge in [-0.3, -0.25) is 9.78 Å². The largest absolute Gasteiger partial charge is 0.493 e. The van der Waals surface area contributed by atoms with Gasteiger partial charge in [0.15, 0.2) is 17.3 Å². The number of pyridine rings is 1. The molecule has 2 aliphatic heterocycles. The monoisotopic (exact) mass is 437 g/mol. The Bertz CT molecular complexity index is 907. The van der Waals surface area contributed by atoms with Gasteiger partial charge in [-0.05, 0) is 18.9 Å². The first kappa shape index (κ1) is 20.3. The number of ketones is 1. The summed E-state index contributed by atoms with van der Waals surface area (Å²) in [5.41, 5.74) is 0.837. The average Bonchev–Trinajstić information content (AvgIpc) is 2.89. The molecule has 8 heteroatoms. The van der Waals surface area contributed by atoms with Crippen LogP contribution in [0.1, 0.15) is 28.8 Å². The normalized spacial score (nSPS) is 17.6. The molecule has 0 unspecified atom stereocenters. The summed E-state index contributed by atoms with van der Waals surface area (Å²) in [6.07, 6.45) is 4.60. The molecular weight excluding hydrogens is 417 g/mol. The van der Waals surface area contributed by atoms with Gasteiger partial charge in [0.1, 0.15) is 0 Å². The number of nitrogens with zero attached hydrogens (tertiary/aromatic N) is 1. The smallest absolute Gasteiger partial charge is 0.203 e. The Morgan fingerprint density at radius 2 is 1.76 bits per heavy atom. The molecule has 1 aromatic carbocycles. The van der Waals surface area contributed by atoms with E-state index in [0.717, 1.165) is 12.8 Å². The number of carbonyl (C=O) groups excluding carboxylic acids is 1. The van der Waals surface area contributed by atoms with Gasteiger partial charge in [0, 0.05) is 43.0 Å². The van der Waals surface area contributed by atoms with E-state index in [4.69, 9.17) is 42.1 Å². The van der Waals surface area contributed by atoms with Crippen molar-refractivity contribution in [3.63, 3.8) is 0 Å². The fourth-order valence-electron chi connectivity index (χ4n) is 3.70. The second-order valence-electron chi connectivity index (χ2n) is 7.35. The van der Waals surface area contributed by atoms with E-state index < -0.39 is 0 Å². The lowest BCUT2D eigenvalue weighted by Gasteiger charge is -2.34. The van der Waals surface area contributed by atoms with Crippen molar-refractivity contribution in [3.05, 3.63) is 45.7 Å². The summed E-state index contributed by atoms with van der Waals surface area (Å²) < 4.78 is 23.3. The van der Waals surface area contributed by atoms with Crippen LogP contribution in [0.15, 0.2) is 24.5 Å². The summed E-state index contributed by atoms with van der Waals surface area (Å²) in [5, 5.41) is 0.445. The minimum atomic E-state index is -0.219. The zero-order valence-corrected chi connectivity index (χ0v) is 17.5. The first-order valence-corrected chi connectivity index (χ1v) is 10.1. The molecule has 1 spiro atoms. The molecule has 6 nitrogen and oxygen atoms in total. The van der Waals surface area contributed by atoms with Crippen LogP contribution in [-0.4, -0.2) is 44.3 Å². The molecule has 1 saturated heterocycles. The molecule has 1 fully saturated rings. The van der Waals surface area contributed by atoms with Gasteiger partial charge >= 0.3 is 0 Å². The summed E-state index contributed by atoms with van der Waals surface area (Å²) in [6.45, 7) is 2.38. The Morgan fingerprint density at radius 3 is 2.41 bits per heavy atom. The molecular formula is C21H21Cl2NO5. The molecule has 0 N–H and O–H groups in total. The Hall–Kier alpha value is -2.02. The molecule has 2 aliphatic rings. The van der Waals surface area contributed by atoms with Crippen molar-refractivity contribution in [2.24, 2.45) is 5.41 Å². The summed E-state index contributed by atoms with van der Waals surface area (Å²) in [4.78, 5) is 16.8. The van der Waals surface area contributed by atoms with Crippen molar-refractivity contribution in [1.82, 2.24) is 4.98 Å². The molecule has 29 heavy (non-hydrogen) atoms. The van der Waals surface area contributed by atoms with Crippen LogP contribution in [0.4, 0.5) is 0 Å². The van der Waals surface area contributed by atoms with E-state index in [1.165, 1.54) is 12.4 Å². The minimum Gasteiger partial charge on any atom is -0.493 e. The van der Waals surface area contributed by atoms with E-state index in [1.807, 2.05) is 6.07 Å². The fourth-order valence-corrected chi connectivity index (χ4v) is 4.28. The van der Waals surface area contributed by atoms with Gasteiger partial charge in [0.25, 0.3) is 0 Å². The summed E-state index contributed by atoms with van der Waals surface area (Å²) in [6, 6.07) is 3.59. The van der Waals surface area contributed by atoms with Crippen molar-refractivity contribution in [2.75, 3.05) is 33.5 Å². The molecule has 0 bridgehead atoms. The number of halogens is 2. The van der Waals surface area contributed by atoms with E-state index in [1.54, 1.807) is 13.2 Å². The van der Waals surface area contributed by atoms with Crippen LogP contribution < -0.4 is 14.2 Å². The second kappa shape index (κ2) is 8.38. The maximum atomic E-state index is 12.9. The number of benzene rings is 1. The number of hydrogen-bond donors (Lipinski definition) is 0. The van der Waals surface area contributed by atoms with E-state index in [0.29, 0.717) is 49.2 Å². The Morgan fingerprint density at radius 1 is 1.10 bits per heavy atom. The van der Waals surface area contributed by atoms with Crippen LogP contribution >= 0.6 is 23.2 Å². The predicted octanol–water partition coefficient (Wildman–Crippen LogP) is 4.39. The lowest BCUT2D eigenvalue weighted by atomic mass is 9.82. The minimum absolute atomic E-state index is 0.0647. The number of aromatic nitrogens is 1. The second-order valence-corrected chi connectivity index (χ2v) is 8.17. The number of Topliss-reactive ketones (excluding diaryl/α,β-unsaturated/α-hetero) is 1. The van der Waals surface area contributed by atoms with Gasteiger partial charge in [0.2, 0.25) is 5.75 Å². The average molecular weight is 438 g/mol. The number of methoxy groups -OCH3 is 1. The highest BCUT2D eigenvalue weighted by Crippen LogP contribution is 2.46. The van der Waals surface area contributed by atoms with E-state index >= 15 is 0 Å². The van der Waals surface area contributed by atoms with Gasteiger partial charge in [-0.15, -0.1) is 0 Å². The maximum Gasteiger partial charge on any atom is 0.203 e. The zero-order valence-electron chi connectivity index (χ0n) is 16.0.